The number of benzene rings is 1. The third-order valence-electron chi connectivity index (χ3n) is 4.94. The van der Waals surface area contributed by atoms with Gasteiger partial charge in [-0.05, 0) is 37.5 Å². The Bertz CT molecular complexity index is 748. The standard InChI is InChI=1S/C22H31N5O.HI/c1-18-5-3-6-19(15-18)17-27-12-8-20(9-13-27)26-22(23-2)25-11-14-28-21-7-4-10-24-16-21;/h3-7,10,15-16,20H,8-9,11-14,17H2,1-2H3,(H2,23,25,26);1H. The van der Waals surface area contributed by atoms with Crippen LogP contribution >= 0.6 is 24.0 Å². The van der Waals surface area contributed by atoms with Crippen LogP contribution in [0.1, 0.15) is 24.0 Å². The van der Waals surface area contributed by atoms with Gasteiger partial charge in [0, 0.05) is 38.9 Å². The first kappa shape index (κ1) is 23.4. The van der Waals surface area contributed by atoms with E-state index < -0.39 is 0 Å². The summed E-state index contributed by atoms with van der Waals surface area (Å²) in [6.07, 6.45) is 5.71. The van der Waals surface area contributed by atoms with Crippen molar-refractivity contribution >= 4 is 29.9 Å². The third-order valence-corrected chi connectivity index (χ3v) is 4.94. The summed E-state index contributed by atoms with van der Waals surface area (Å²) in [5.74, 6) is 1.63. The molecule has 1 aromatic carbocycles. The van der Waals surface area contributed by atoms with E-state index >= 15 is 0 Å². The first-order valence-corrected chi connectivity index (χ1v) is 10.0. The molecule has 0 aliphatic carbocycles. The van der Waals surface area contributed by atoms with E-state index in [0.717, 1.165) is 44.2 Å². The highest BCUT2D eigenvalue weighted by molar-refractivity contribution is 14.0. The van der Waals surface area contributed by atoms with E-state index in [0.29, 0.717) is 19.2 Å². The Morgan fingerprint density at radius 3 is 2.76 bits per heavy atom. The molecule has 2 N–H and O–H groups in total. The minimum Gasteiger partial charge on any atom is -0.490 e. The molecule has 1 aliphatic heterocycles. The van der Waals surface area contributed by atoms with E-state index in [2.05, 4.69) is 56.7 Å². The fraction of sp³-hybridized carbons (Fsp3) is 0.455. The molecule has 7 heteroatoms. The highest BCUT2D eigenvalue weighted by atomic mass is 127. The van der Waals surface area contributed by atoms with Gasteiger partial charge in [0.15, 0.2) is 5.96 Å². The largest absolute Gasteiger partial charge is 0.490 e. The van der Waals surface area contributed by atoms with Crippen molar-refractivity contribution in [2.75, 3.05) is 33.3 Å². The quantitative estimate of drug-likeness (QED) is 0.260. The molecule has 0 amide bonds. The number of hydrogen-bond acceptors (Lipinski definition) is 4. The van der Waals surface area contributed by atoms with Crippen molar-refractivity contribution in [1.82, 2.24) is 20.5 Å². The first-order chi connectivity index (χ1) is 13.7. The van der Waals surface area contributed by atoms with Crippen LogP contribution in [0.15, 0.2) is 53.8 Å². The topological polar surface area (TPSA) is 61.8 Å². The number of likely N-dealkylation sites (tertiary alicyclic amines) is 1. The van der Waals surface area contributed by atoms with Gasteiger partial charge in [0.1, 0.15) is 12.4 Å². The summed E-state index contributed by atoms with van der Waals surface area (Å²) in [7, 11) is 1.81. The highest BCUT2D eigenvalue weighted by Crippen LogP contribution is 2.14. The van der Waals surface area contributed by atoms with Crippen molar-refractivity contribution in [1.29, 1.82) is 0 Å². The van der Waals surface area contributed by atoms with Crippen LogP contribution in [0.25, 0.3) is 0 Å². The van der Waals surface area contributed by atoms with E-state index in [1.165, 1.54) is 11.1 Å². The number of pyridine rings is 1. The fourth-order valence-corrected chi connectivity index (χ4v) is 3.46. The number of halogens is 1. The second kappa shape index (κ2) is 12.6. The average Bonchev–Trinajstić information content (AvgIpc) is 2.72. The van der Waals surface area contributed by atoms with Crippen LogP contribution in [0, 0.1) is 6.92 Å². The molecule has 1 aliphatic rings. The molecule has 0 bridgehead atoms. The van der Waals surface area contributed by atoms with Crippen molar-refractivity contribution in [2.45, 2.75) is 32.4 Å². The Morgan fingerprint density at radius 2 is 2.07 bits per heavy atom. The van der Waals surface area contributed by atoms with Gasteiger partial charge in [-0.3, -0.25) is 14.9 Å². The molecule has 3 rings (SSSR count). The Kier molecular flexibility index (Phi) is 10.2. The number of hydrogen-bond donors (Lipinski definition) is 2. The first-order valence-electron chi connectivity index (χ1n) is 10.0. The lowest BCUT2D eigenvalue weighted by Gasteiger charge is -2.33. The number of aliphatic imine (C=N–C) groups is 1. The minimum atomic E-state index is 0. The molecular weight excluding hydrogens is 477 g/mol. The molecule has 2 aromatic rings. The minimum absolute atomic E-state index is 0. The van der Waals surface area contributed by atoms with Crippen LogP contribution in [0.5, 0.6) is 5.75 Å². The third kappa shape index (κ3) is 8.18. The summed E-state index contributed by atoms with van der Waals surface area (Å²) in [5.41, 5.74) is 2.73. The molecule has 158 valence electrons. The summed E-state index contributed by atoms with van der Waals surface area (Å²) >= 11 is 0. The Balaban J connectivity index is 0.00000300. The molecule has 29 heavy (non-hydrogen) atoms. The molecule has 6 nitrogen and oxygen atoms in total. The Hall–Kier alpha value is -1.87. The van der Waals surface area contributed by atoms with Gasteiger partial charge in [0.2, 0.25) is 0 Å². The SMILES string of the molecule is CN=C(NCCOc1cccnc1)NC1CCN(Cc2cccc(C)c2)CC1.I. The smallest absolute Gasteiger partial charge is 0.191 e. The second-order valence-electron chi connectivity index (χ2n) is 7.22. The number of aryl methyl sites for hydroxylation is 1. The highest BCUT2D eigenvalue weighted by Gasteiger charge is 2.20. The molecule has 1 saturated heterocycles. The Labute approximate surface area is 191 Å². The van der Waals surface area contributed by atoms with Gasteiger partial charge >= 0.3 is 0 Å². The molecule has 2 heterocycles. The summed E-state index contributed by atoms with van der Waals surface area (Å²) in [5, 5.41) is 6.87. The van der Waals surface area contributed by atoms with Gasteiger partial charge in [-0.25, -0.2) is 0 Å². The van der Waals surface area contributed by atoms with Crippen LogP contribution < -0.4 is 15.4 Å². The molecule has 0 atom stereocenters. The second-order valence-corrected chi connectivity index (χ2v) is 7.22. The summed E-state index contributed by atoms with van der Waals surface area (Å²) in [4.78, 5) is 10.9. The zero-order chi connectivity index (χ0) is 19.6. The summed E-state index contributed by atoms with van der Waals surface area (Å²) < 4.78 is 5.66. The zero-order valence-electron chi connectivity index (χ0n) is 17.3. The molecule has 0 unspecified atom stereocenters. The number of piperidine rings is 1. The van der Waals surface area contributed by atoms with Gasteiger partial charge in [-0.1, -0.05) is 29.8 Å². The number of ether oxygens (including phenoxy) is 1. The lowest BCUT2D eigenvalue weighted by atomic mass is 10.0. The van der Waals surface area contributed by atoms with Crippen molar-refractivity contribution < 1.29 is 4.74 Å². The molecule has 1 fully saturated rings. The van der Waals surface area contributed by atoms with Crippen molar-refractivity contribution in [3.05, 3.63) is 59.9 Å². The summed E-state index contributed by atoms with van der Waals surface area (Å²) in [6.45, 7) is 6.66. The number of rotatable bonds is 7. The molecular formula is C22H32IN5O. The number of guanidine groups is 1. The molecule has 0 spiro atoms. The van der Waals surface area contributed by atoms with E-state index in [4.69, 9.17) is 4.74 Å². The van der Waals surface area contributed by atoms with E-state index in [1.807, 2.05) is 19.2 Å². The summed E-state index contributed by atoms with van der Waals surface area (Å²) in [6, 6.07) is 13.0. The van der Waals surface area contributed by atoms with Gasteiger partial charge in [-0.15, -0.1) is 24.0 Å². The molecule has 1 aromatic heterocycles. The normalized spacial score (nSPS) is 15.4. The lowest BCUT2D eigenvalue weighted by Crippen LogP contribution is -2.49. The number of nitrogens with zero attached hydrogens (tertiary/aromatic N) is 3. The van der Waals surface area contributed by atoms with Crippen LogP contribution in [0.2, 0.25) is 0 Å². The fourth-order valence-electron chi connectivity index (χ4n) is 3.46. The maximum Gasteiger partial charge on any atom is 0.191 e. The maximum atomic E-state index is 5.66. The monoisotopic (exact) mass is 509 g/mol. The van der Waals surface area contributed by atoms with E-state index in [9.17, 15) is 0 Å². The van der Waals surface area contributed by atoms with E-state index in [-0.39, 0.29) is 24.0 Å². The van der Waals surface area contributed by atoms with Crippen LogP contribution in [-0.2, 0) is 6.54 Å². The lowest BCUT2D eigenvalue weighted by molar-refractivity contribution is 0.198. The van der Waals surface area contributed by atoms with Gasteiger partial charge < -0.3 is 15.4 Å². The maximum absolute atomic E-state index is 5.66. The predicted octanol–water partition coefficient (Wildman–Crippen LogP) is 3.22. The van der Waals surface area contributed by atoms with Crippen LogP contribution in [-0.4, -0.2) is 55.2 Å². The Morgan fingerprint density at radius 1 is 1.24 bits per heavy atom. The van der Waals surface area contributed by atoms with Gasteiger partial charge in [-0.2, -0.15) is 0 Å². The van der Waals surface area contributed by atoms with Crippen LogP contribution in [0.3, 0.4) is 0 Å². The van der Waals surface area contributed by atoms with Crippen LogP contribution in [0.4, 0.5) is 0 Å². The molecule has 0 radical (unpaired) electrons. The van der Waals surface area contributed by atoms with Gasteiger partial charge in [0.05, 0.1) is 12.7 Å². The van der Waals surface area contributed by atoms with Gasteiger partial charge in [0.25, 0.3) is 0 Å². The number of aromatic nitrogens is 1. The van der Waals surface area contributed by atoms with Crippen molar-refractivity contribution in [2.24, 2.45) is 4.99 Å². The van der Waals surface area contributed by atoms with Crippen molar-refractivity contribution in [3.63, 3.8) is 0 Å². The van der Waals surface area contributed by atoms with Crippen molar-refractivity contribution in [3.8, 4) is 5.75 Å². The zero-order valence-corrected chi connectivity index (χ0v) is 19.6. The average molecular weight is 509 g/mol. The number of nitrogens with one attached hydrogen (secondary N) is 2. The predicted molar refractivity (Wildman–Crippen MR) is 129 cm³/mol. The van der Waals surface area contributed by atoms with E-state index in [1.54, 1.807) is 12.4 Å². The molecule has 0 saturated carbocycles.